The molecule has 2 rings (SSSR count). The molecule has 3 nitrogen and oxygen atoms in total. The van der Waals surface area contributed by atoms with Gasteiger partial charge in [-0.25, -0.2) is 0 Å². The van der Waals surface area contributed by atoms with Gasteiger partial charge in [-0.2, -0.15) is 0 Å². The molecule has 0 radical (unpaired) electrons. The molecule has 0 aromatic heterocycles. The third kappa shape index (κ3) is 3.61. The van der Waals surface area contributed by atoms with Crippen LogP contribution in [0, 0.1) is 10.5 Å². The minimum Gasteiger partial charge on any atom is -0.399 e. The van der Waals surface area contributed by atoms with E-state index in [0.29, 0.717) is 22.0 Å². The summed E-state index contributed by atoms with van der Waals surface area (Å²) in [6, 6.07) is 10.7. The summed E-state index contributed by atoms with van der Waals surface area (Å²) in [4.78, 5) is 12.1. The van der Waals surface area contributed by atoms with E-state index in [-0.39, 0.29) is 5.91 Å². The van der Waals surface area contributed by atoms with Crippen molar-refractivity contribution >= 4 is 51.5 Å². The molecule has 2 aromatic carbocycles. The lowest BCUT2D eigenvalue weighted by Gasteiger charge is -2.09. The average molecular weight is 387 g/mol. The van der Waals surface area contributed by atoms with Gasteiger partial charge in [0.1, 0.15) is 0 Å². The summed E-state index contributed by atoms with van der Waals surface area (Å²) in [5, 5.41) is 3.29. The van der Waals surface area contributed by atoms with Gasteiger partial charge in [0.05, 0.1) is 10.7 Å². The van der Waals surface area contributed by atoms with Gasteiger partial charge in [0.15, 0.2) is 0 Å². The summed E-state index contributed by atoms with van der Waals surface area (Å²) in [5.41, 5.74) is 8.36. The third-order valence-electron chi connectivity index (χ3n) is 2.54. The maximum Gasteiger partial charge on any atom is 0.255 e. The molecule has 5 heteroatoms. The van der Waals surface area contributed by atoms with Gasteiger partial charge >= 0.3 is 0 Å². The van der Waals surface area contributed by atoms with Crippen molar-refractivity contribution in [3.63, 3.8) is 0 Å². The number of nitrogen functional groups attached to an aromatic ring is 1. The lowest BCUT2D eigenvalue weighted by Crippen LogP contribution is -2.12. The lowest BCUT2D eigenvalue weighted by molar-refractivity contribution is 0.102. The van der Waals surface area contributed by atoms with Crippen LogP contribution in [-0.4, -0.2) is 5.91 Å². The minimum absolute atomic E-state index is 0.224. The van der Waals surface area contributed by atoms with Crippen LogP contribution in [0.15, 0.2) is 36.4 Å². The van der Waals surface area contributed by atoms with Crippen molar-refractivity contribution < 1.29 is 4.79 Å². The van der Waals surface area contributed by atoms with Gasteiger partial charge in [0.25, 0.3) is 5.91 Å². The number of halogens is 2. The Hall–Kier alpha value is -1.27. The van der Waals surface area contributed by atoms with E-state index in [1.807, 2.05) is 19.1 Å². The Morgan fingerprint density at radius 2 is 2.00 bits per heavy atom. The number of carbonyl (C=O) groups is 1. The van der Waals surface area contributed by atoms with Crippen LogP contribution in [0.2, 0.25) is 5.02 Å². The monoisotopic (exact) mass is 386 g/mol. The summed E-state index contributed by atoms with van der Waals surface area (Å²) in [6.07, 6.45) is 0. The van der Waals surface area contributed by atoms with Crippen molar-refractivity contribution in [2.75, 3.05) is 11.1 Å². The van der Waals surface area contributed by atoms with E-state index in [1.54, 1.807) is 24.3 Å². The van der Waals surface area contributed by atoms with Crippen molar-refractivity contribution in [1.29, 1.82) is 0 Å². The van der Waals surface area contributed by atoms with E-state index >= 15 is 0 Å². The van der Waals surface area contributed by atoms with Gasteiger partial charge in [-0.3, -0.25) is 4.79 Å². The standard InChI is InChI=1S/C14H12ClIN2O/c1-8-4-9(6-11(17)5-8)14(19)18-13-3-2-10(16)7-12(13)15/h2-7H,17H2,1H3,(H,18,19). The van der Waals surface area contributed by atoms with Gasteiger partial charge in [-0.1, -0.05) is 11.6 Å². The van der Waals surface area contributed by atoms with Crippen LogP contribution >= 0.6 is 34.2 Å². The van der Waals surface area contributed by atoms with Crippen molar-refractivity contribution in [3.8, 4) is 0 Å². The predicted molar refractivity (Wildman–Crippen MR) is 87.7 cm³/mol. The number of amides is 1. The fourth-order valence-corrected chi connectivity index (χ4v) is 2.63. The second-order valence-electron chi connectivity index (χ2n) is 4.21. The molecule has 0 spiro atoms. The Labute approximate surface area is 130 Å². The average Bonchev–Trinajstić information content (AvgIpc) is 2.31. The highest BCUT2D eigenvalue weighted by Gasteiger charge is 2.09. The molecule has 0 aliphatic carbocycles. The molecule has 3 N–H and O–H groups in total. The Kier molecular flexibility index (Phi) is 4.31. The van der Waals surface area contributed by atoms with Crippen LogP contribution in [0.4, 0.5) is 11.4 Å². The molecule has 19 heavy (non-hydrogen) atoms. The second-order valence-corrected chi connectivity index (χ2v) is 5.86. The van der Waals surface area contributed by atoms with E-state index in [0.717, 1.165) is 9.13 Å². The summed E-state index contributed by atoms with van der Waals surface area (Å²) < 4.78 is 1.01. The zero-order chi connectivity index (χ0) is 14.0. The zero-order valence-corrected chi connectivity index (χ0v) is 13.1. The molecule has 0 heterocycles. The fourth-order valence-electron chi connectivity index (χ4n) is 1.73. The lowest BCUT2D eigenvalue weighted by atomic mass is 10.1. The molecular formula is C14H12ClIN2O. The van der Waals surface area contributed by atoms with Crippen LogP contribution in [0.25, 0.3) is 0 Å². The van der Waals surface area contributed by atoms with Crippen molar-refractivity contribution in [2.45, 2.75) is 6.92 Å². The predicted octanol–water partition coefficient (Wildman–Crippen LogP) is 4.09. The molecule has 2 aromatic rings. The van der Waals surface area contributed by atoms with Crippen LogP contribution in [0.5, 0.6) is 0 Å². The molecule has 0 saturated heterocycles. The van der Waals surface area contributed by atoms with Crippen molar-refractivity contribution in [1.82, 2.24) is 0 Å². The van der Waals surface area contributed by atoms with Crippen molar-refractivity contribution in [2.24, 2.45) is 0 Å². The number of rotatable bonds is 2. The first kappa shape index (κ1) is 14.1. The maximum atomic E-state index is 12.1. The molecule has 0 aliphatic heterocycles. The quantitative estimate of drug-likeness (QED) is 0.603. The second kappa shape index (κ2) is 5.79. The molecule has 0 bridgehead atoms. The highest BCUT2D eigenvalue weighted by Crippen LogP contribution is 2.24. The number of nitrogens with one attached hydrogen (secondary N) is 1. The van der Waals surface area contributed by atoms with Crippen molar-refractivity contribution in [3.05, 3.63) is 56.1 Å². The largest absolute Gasteiger partial charge is 0.399 e. The third-order valence-corrected chi connectivity index (χ3v) is 3.52. The van der Waals surface area contributed by atoms with Gasteiger partial charge in [-0.05, 0) is 71.5 Å². The van der Waals surface area contributed by atoms with Crippen LogP contribution in [0.1, 0.15) is 15.9 Å². The molecule has 0 unspecified atom stereocenters. The molecule has 0 atom stereocenters. The summed E-state index contributed by atoms with van der Waals surface area (Å²) >= 11 is 8.24. The number of nitrogens with two attached hydrogens (primary N) is 1. The summed E-state index contributed by atoms with van der Waals surface area (Å²) in [7, 11) is 0. The van der Waals surface area contributed by atoms with Gasteiger partial charge < -0.3 is 11.1 Å². The first-order valence-corrected chi connectivity index (χ1v) is 7.05. The number of aryl methyl sites for hydroxylation is 1. The van der Waals surface area contributed by atoms with E-state index in [2.05, 4.69) is 27.9 Å². The Morgan fingerprint density at radius 1 is 1.26 bits per heavy atom. The minimum atomic E-state index is -0.224. The normalized spacial score (nSPS) is 10.3. The highest BCUT2D eigenvalue weighted by molar-refractivity contribution is 14.1. The Bertz CT molecular complexity index is 623. The first-order chi connectivity index (χ1) is 8.95. The van der Waals surface area contributed by atoms with E-state index in [4.69, 9.17) is 17.3 Å². The fraction of sp³-hybridized carbons (Fsp3) is 0.0714. The van der Waals surface area contributed by atoms with E-state index in [9.17, 15) is 4.79 Å². The molecule has 1 amide bonds. The first-order valence-electron chi connectivity index (χ1n) is 5.59. The Morgan fingerprint density at radius 3 is 2.63 bits per heavy atom. The number of hydrogen-bond donors (Lipinski definition) is 2. The smallest absolute Gasteiger partial charge is 0.255 e. The molecule has 0 aliphatic rings. The number of anilines is 2. The summed E-state index contributed by atoms with van der Waals surface area (Å²) in [5.74, 6) is -0.224. The number of carbonyl (C=O) groups excluding carboxylic acids is 1. The molecule has 98 valence electrons. The molecule has 0 fully saturated rings. The van der Waals surface area contributed by atoms with E-state index < -0.39 is 0 Å². The van der Waals surface area contributed by atoms with Gasteiger partial charge in [0.2, 0.25) is 0 Å². The van der Waals surface area contributed by atoms with Crippen LogP contribution < -0.4 is 11.1 Å². The SMILES string of the molecule is Cc1cc(N)cc(C(=O)Nc2ccc(I)cc2Cl)c1. The van der Waals surface area contributed by atoms with Crippen LogP contribution in [0.3, 0.4) is 0 Å². The van der Waals surface area contributed by atoms with Crippen LogP contribution in [-0.2, 0) is 0 Å². The molecular weight excluding hydrogens is 375 g/mol. The van der Waals surface area contributed by atoms with Gasteiger partial charge in [-0.15, -0.1) is 0 Å². The highest BCUT2D eigenvalue weighted by atomic mass is 127. The summed E-state index contributed by atoms with van der Waals surface area (Å²) in [6.45, 7) is 1.89. The zero-order valence-electron chi connectivity index (χ0n) is 10.2. The number of benzene rings is 2. The maximum absolute atomic E-state index is 12.1. The number of hydrogen-bond acceptors (Lipinski definition) is 2. The molecule has 0 saturated carbocycles. The van der Waals surface area contributed by atoms with E-state index in [1.165, 1.54) is 0 Å². The topological polar surface area (TPSA) is 55.1 Å². The van der Waals surface area contributed by atoms with Gasteiger partial charge in [0, 0.05) is 14.8 Å². The Balaban J connectivity index is 2.25.